The number of piperidine rings is 1. The summed E-state index contributed by atoms with van der Waals surface area (Å²) in [4.78, 5) is 6.10. The molecule has 2 heterocycles. The molecule has 1 aliphatic carbocycles. The second-order valence-electron chi connectivity index (χ2n) is 8.54. The lowest BCUT2D eigenvalue weighted by Crippen LogP contribution is -2.53. The summed E-state index contributed by atoms with van der Waals surface area (Å²) < 4.78 is 19.5. The lowest BCUT2D eigenvalue weighted by atomic mass is 9.58. The second-order valence-corrected chi connectivity index (χ2v) is 8.54. The fraction of sp³-hybridized carbons (Fsp3) is 0.360. The van der Waals surface area contributed by atoms with Crippen molar-refractivity contribution in [1.29, 1.82) is 0 Å². The van der Waals surface area contributed by atoms with Gasteiger partial charge < -0.3 is 9.72 Å². The first kappa shape index (κ1) is 18.4. The highest BCUT2D eigenvalue weighted by atomic mass is 19.1. The van der Waals surface area contributed by atoms with Crippen LogP contribution in [-0.4, -0.2) is 36.6 Å². The maximum Gasteiger partial charge on any atom is 0.123 e. The summed E-state index contributed by atoms with van der Waals surface area (Å²) in [5.74, 6) is 1.22. The van der Waals surface area contributed by atoms with Crippen LogP contribution >= 0.6 is 0 Å². The highest BCUT2D eigenvalue weighted by Crippen LogP contribution is 2.49. The van der Waals surface area contributed by atoms with Gasteiger partial charge in [0.15, 0.2) is 0 Å². The Kier molecular flexibility index (Phi) is 4.47. The molecule has 29 heavy (non-hydrogen) atoms. The van der Waals surface area contributed by atoms with E-state index in [4.69, 9.17) is 4.74 Å². The number of nitrogens with one attached hydrogen (secondary N) is 1. The zero-order valence-corrected chi connectivity index (χ0v) is 16.9. The summed E-state index contributed by atoms with van der Waals surface area (Å²) in [6.45, 7) is 6.94. The van der Waals surface area contributed by atoms with Gasteiger partial charge in [-0.15, -0.1) is 6.58 Å². The van der Waals surface area contributed by atoms with Crippen molar-refractivity contribution in [1.82, 2.24) is 9.88 Å². The molecule has 1 aromatic heterocycles. The van der Waals surface area contributed by atoms with Crippen LogP contribution in [0.1, 0.15) is 23.2 Å². The van der Waals surface area contributed by atoms with Gasteiger partial charge in [-0.1, -0.05) is 18.2 Å². The van der Waals surface area contributed by atoms with E-state index in [0.717, 1.165) is 55.5 Å². The molecular weight excluding hydrogens is 363 g/mol. The zero-order chi connectivity index (χ0) is 20.0. The minimum Gasteiger partial charge on any atom is -0.497 e. The summed E-state index contributed by atoms with van der Waals surface area (Å²) in [5.41, 5.74) is 5.03. The lowest BCUT2D eigenvalue weighted by molar-refractivity contribution is 0.0896. The van der Waals surface area contributed by atoms with Crippen molar-refractivity contribution in [3.63, 3.8) is 0 Å². The van der Waals surface area contributed by atoms with Gasteiger partial charge in [0.05, 0.1) is 7.11 Å². The molecule has 1 fully saturated rings. The van der Waals surface area contributed by atoms with E-state index in [1.54, 1.807) is 19.2 Å². The predicted molar refractivity (Wildman–Crippen MR) is 115 cm³/mol. The first-order chi connectivity index (χ1) is 14.1. The lowest BCUT2D eigenvalue weighted by Gasteiger charge is -2.51. The van der Waals surface area contributed by atoms with Gasteiger partial charge >= 0.3 is 0 Å². The zero-order valence-electron chi connectivity index (χ0n) is 16.9. The number of likely N-dealkylation sites (tertiary alicyclic amines) is 1. The standard InChI is InChI=1S/C25H27FN2O/c1-3-10-28-11-9-25(17-5-4-6-20(12-17)29-2)15-24-21(13-18(25)16-28)22-14-19(26)7-8-23(22)27-24/h3-8,12,14,18,27H,1,9-11,13,15-16H2,2H3/t18?,25-/m1/s1. The Morgan fingerprint density at radius 2 is 2.21 bits per heavy atom. The third-order valence-electron chi connectivity index (χ3n) is 7.07. The van der Waals surface area contributed by atoms with Crippen molar-refractivity contribution >= 4 is 10.9 Å². The summed E-state index contributed by atoms with van der Waals surface area (Å²) in [6.07, 6.45) is 5.01. The van der Waals surface area contributed by atoms with Crippen LogP contribution in [0.2, 0.25) is 0 Å². The number of halogens is 1. The van der Waals surface area contributed by atoms with Gasteiger partial charge in [-0.05, 0) is 73.2 Å². The summed E-state index contributed by atoms with van der Waals surface area (Å²) >= 11 is 0. The number of aromatic amines is 1. The highest BCUT2D eigenvalue weighted by Gasteiger charge is 2.48. The van der Waals surface area contributed by atoms with Crippen LogP contribution in [-0.2, 0) is 18.3 Å². The second kappa shape index (κ2) is 7.03. The van der Waals surface area contributed by atoms with Crippen molar-refractivity contribution in [3.8, 4) is 5.75 Å². The number of fused-ring (bicyclic) bond motifs is 4. The van der Waals surface area contributed by atoms with E-state index in [0.29, 0.717) is 5.92 Å². The summed E-state index contributed by atoms with van der Waals surface area (Å²) in [6, 6.07) is 13.7. The third kappa shape index (κ3) is 2.98. The minimum absolute atomic E-state index is 0.0681. The van der Waals surface area contributed by atoms with E-state index in [9.17, 15) is 4.39 Å². The number of hydrogen-bond donors (Lipinski definition) is 1. The van der Waals surface area contributed by atoms with Gasteiger partial charge in [0.2, 0.25) is 0 Å². The molecule has 1 saturated heterocycles. The predicted octanol–water partition coefficient (Wildman–Crippen LogP) is 4.86. The SMILES string of the molecule is C=CCN1CC[C@]2(c3cccc(OC)c3)Cc3[nH]c4ccc(F)cc4c3CC2C1. The molecule has 1 unspecified atom stereocenters. The smallest absolute Gasteiger partial charge is 0.123 e. The molecule has 1 aliphatic heterocycles. The van der Waals surface area contributed by atoms with E-state index in [-0.39, 0.29) is 11.2 Å². The molecule has 0 saturated carbocycles. The number of nitrogens with zero attached hydrogens (tertiary/aromatic N) is 1. The van der Waals surface area contributed by atoms with Crippen LogP contribution in [0.5, 0.6) is 5.75 Å². The fourth-order valence-corrected chi connectivity index (χ4v) is 5.62. The molecule has 1 N–H and O–H groups in total. The molecule has 0 amide bonds. The molecule has 0 bridgehead atoms. The maximum atomic E-state index is 14.0. The Labute approximate surface area is 171 Å². The van der Waals surface area contributed by atoms with Crippen LogP contribution in [0.3, 0.4) is 0 Å². The average Bonchev–Trinajstić information content (AvgIpc) is 3.08. The van der Waals surface area contributed by atoms with Crippen molar-refractivity contribution in [2.75, 3.05) is 26.7 Å². The topological polar surface area (TPSA) is 28.3 Å². The van der Waals surface area contributed by atoms with Crippen LogP contribution in [0.15, 0.2) is 55.1 Å². The molecule has 3 aromatic rings. The van der Waals surface area contributed by atoms with E-state index in [2.05, 4.69) is 34.7 Å². The normalized spacial score (nSPS) is 24.1. The van der Waals surface area contributed by atoms with E-state index in [1.807, 2.05) is 18.2 Å². The van der Waals surface area contributed by atoms with Gasteiger partial charge in [0, 0.05) is 35.1 Å². The molecular formula is C25H27FN2O. The Bertz CT molecular complexity index is 1070. The number of ether oxygens (including phenoxy) is 1. The number of benzene rings is 2. The number of rotatable bonds is 4. The van der Waals surface area contributed by atoms with Gasteiger partial charge in [-0.25, -0.2) is 4.39 Å². The Hall–Kier alpha value is -2.59. The third-order valence-corrected chi connectivity index (χ3v) is 7.07. The maximum absolute atomic E-state index is 14.0. The molecule has 0 spiro atoms. The van der Waals surface area contributed by atoms with Gasteiger partial charge in [-0.2, -0.15) is 0 Å². The summed E-state index contributed by atoms with van der Waals surface area (Å²) in [5, 5.41) is 1.04. The largest absolute Gasteiger partial charge is 0.497 e. The Balaban J connectivity index is 1.63. The molecule has 3 nitrogen and oxygen atoms in total. The quantitative estimate of drug-likeness (QED) is 0.645. The van der Waals surface area contributed by atoms with Gasteiger partial charge in [-0.3, -0.25) is 4.90 Å². The molecule has 2 atom stereocenters. The number of hydrogen-bond acceptors (Lipinski definition) is 2. The molecule has 150 valence electrons. The first-order valence-electron chi connectivity index (χ1n) is 10.4. The molecule has 4 heteroatoms. The van der Waals surface area contributed by atoms with Crippen LogP contribution in [0.4, 0.5) is 4.39 Å². The fourth-order valence-electron chi connectivity index (χ4n) is 5.62. The van der Waals surface area contributed by atoms with Crippen molar-refractivity contribution < 1.29 is 9.13 Å². The molecule has 2 aromatic carbocycles. The monoisotopic (exact) mass is 390 g/mol. The Morgan fingerprint density at radius 3 is 3.03 bits per heavy atom. The van der Waals surface area contributed by atoms with Gasteiger partial charge in [0.25, 0.3) is 0 Å². The van der Waals surface area contributed by atoms with Crippen LogP contribution < -0.4 is 4.74 Å². The van der Waals surface area contributed by atoms with E-state index in [1.165, 1.54) is 16.8 Å². The Morgan fingerprint density at radius 1 is 1.31 bits per heavy atom. The molecule has 5 rings (SSSR count). The molecule has 2 aliphatic rings. The van der Waals surface area contributed by atoms with Crippen LogP contribution in [0, 0.1) is 11.7 Å². The van der Waals surface area contributed by atoms with Gasteiger partial charge in [0.1, 0.15) is 11.6 Å². The number of H-pyrrole nitrogens is 1. The molecule has 0 radical (unpaired) electrons. The number of methoxy groups -OCH3 is 1. The average molecular weight is 391 g/mol. The summed E-state index contributed by atoms with van der Waals surface area (Å²) in [7, 11) is 1.73. The van der Waals surface area contributed by atoms with E-state index < -0.39 is 0 Å². The highest BCUT2D eigenvalue weighted by molar-refractivity contribution is 5.85. The number of aromatic nitrogens is 1. The minimum atomic E-state index is -0.166. The first-order valence-corrected chi connectivity index (χ1v) is 10.4. The van der Waals surface area contributed by atoms with Crippen LogP contribution in [0.25, 0.3) is 10.9 Å². The van der Waals surface area contributed by atoms with E-state index >= 15 is 0 Å². The van der Waals surface area contributed by atoms with Crippen molar-refractivity contribution in [2.45, 2.75) is 24.7 Å². The van der Waals surface area contributed by atoms with Crippen molar-refractivity contribution in [2.24, 2.45) is 5.92 Å². The van der Waals surface area contributed by atoms with Crippen molar-refractivity contribution in [3.05, 3.63) is 77.8 Å².